The Labute approximate surface area is 169 Å². The number of hydrogen-bond acceptors (Lipinski definition) is 4. The Morgan fingerprint density at radius 3 is 2.59 bits per heavy atom. The van der Waals surface area contributed by atoms with Gasteiger partial charge in [-0.3, -0.25) is 9.69 Å². The fourth-order valence-corrected chi connectivity index (χ4v) is 4.66. The molecule has 1 aliphatic rings. The second-order valence-electron chi connectivity index (χ2n) is 6.37. The monoisotopic (exact) mass is 448 g/mol. The molecule has 0 atom stereocenters. The number of piperazine rings is 1. The van der Waals surface area contributed by atoms with E-state index in [0.717, 1.165) is 23.4 Å². The predicted molar refractivity (Wildman–Crippen MR) is 107 cm³/mol. The minimum Gasteiger partial charge on any atom is -0.335 e. The summed E-state index contributed by atoms with van der Waals surface area (Å²) < 4.78 is 16.4. The third-order valence-electron chi connectivity index (χ3n) is 4.58. The van der Waals surface area contributed by atoms with E-state index in [1.807, 2.05) is 4.90 Å². The maximum atomic E-state index is 13.9. The van der Waals surface area contributed by atoms with E-state index in [-0.39, 0.29) is 11.7 Å². The highest BCUT2D eigenvalue weighted by Gasteiger charge is 2.24. The van der Waals surface area contributed by atoms with Crippen molar-refractivity contribution in [3.63, 3.8) is 0 Å². The van der Waals surface area contributed by atoms with Gasteiger partial charge in [-0.1, -0.05) is 12.1 Å². The SMILES string of the molecule is O=C(c1ccn(-c2ccccc2F)n1)N1CCN(Cc2ccc(Br)s2)CC1. The van der Waals surface area contributed by atoms with Gasteiger partial charge in [0.25, 0.3) is 5.91 Å². The number of halogens is 2. The molecule has 0 N–H and O–H groups in total. The standard InChI is InChI=1S/C19H18BrFN4OS/c20-18-6-5-14(27-18)13-23-9-11-24(12-10-23)19(26)16-7-8-25(22-16)17-4-2-1-3-15(17)21/h1-8H,9-13H2. The zero-order chi connectivity index (χ0) is 18.8. The highest BCUT2D eigenvalue weighted by Crippen LogP contribution is 2.23. The van der Waals surface area contributed by atoms with Crippen LogP contribution in [0.25, 0.3) is 5.69 Å². The summed E-state index contributed by atoms with van der Waals surface area (Å²) >= 11 is 5.23. The van der Waals surface area contributed by atoms with Crippen molar-refractivity contribution in [1.82, 2.24) is 19.6 Å². The van der Waals surface area contributed by atoms with Crippen LogP contribution in [0.4, 0.5) is 4.39 Å². The van der Waals surface area contributed by atoms with E-state index in [1.54, 1.807) is 41.8 Å². The van der Waals surface area contributed by atoms with Crippen molar-refractivity contribution in [2.75, 3.05) is 26.2 Å². The van der Waals surface area contributed by atoms with Crippen LogP contribution in [0, 0.1) is 5.82 Å². The average molecular weight is 449 g/mol. The van der Waals surface area contributed by atoms with Gasteiger partial charge in [0.15, 0.2) is 5.69 Å². The predicted octanol–water partition coefficient (Wildman–Crippen LogP) is 3.79. The Bertz CT molecular complexity index is 949. The Morgan fingerprint density at radius 2 is 1.89 bits per heavy atom. The first kappa shape index (κ1) is 18.3. The van der Waals surface area contributed by atoms with Gasteiger partial charge in [-0.25, -0.2) is 9.07 Å². The quantitative estimate of drug-likeness (QED) is 0.609. The summed E-state index contributed by atoms with van der Waals surface area (Å²) in [7, 11) is 0. The molecular weight excluding hydrogens is 431 g/mol. The van der Waals surface area contributed by atoms with Crippen LogP contribution < -0.4 is 0 Å². The Balaban J connectivity index is 1.38. The normalized spacial score (nSPS) is 15.3. The minimum absolute atomic E-state index is 0.108. The number of rotatable bonds is 4. The Morgan fingerprint density at radius 1 is 1.11 bits per heavy atom. The number of para-hydroxylation sites is 1. The lowest BCUT2D eigenvalue weighted by Crippen LogP contribution is -2.48. The topological polar surface area (TPSA) is 41.4 Å². The molecule has 3 aromatic rings. The van der Waals surface area contributed by atoms with Gasteiger partial charge >= 0.3 is 0 Å². The molecule has 2 aromatic heterocycles. The van der Waals surface area contributed by atoms with Gasteiger partial charge in [0.1, 0.15) is 11.5 Å². The van der Waals surface area contributed by atoms with E-state index in [2.05, 4.69) is 38.1 Å². The molecule has 0 saturated carbocycles. The molecule has 1 amide bonds. The highest BCUT2D eigenvalue weighted by atomic mass is 79.9. The smallest absolute Gasteiger partial charge is 0.274 e. The molecule has 0 spiro atoms. The van der Waals surface area contributed by atoms with Crippen molar-refractivity contribution >= 4 is 33.2 Å². The second kappa shape index (κ2) is 7.92. The number of amides is 1. The molecule has 4 rings (SSSR count). The lowest BCUT2D eigenvalue weighted by Gasteiger charge is -2.34. The van der Waals surface area contributed by atoms with Gasteiger partial charge in [0.2, 0.25) is 0 Å². The van der Waals surface area contributed by atoms with Crippen molar-refractivity contribution in [2.45, 2.75) is 6.54 Å². The van der Waals surface area contributed by atoms with Gasteiger partial charge in [0, 0.05) is 43.8 Å². The van der Waals surface area contributed by atoms with E-state index >= 15 is 0 Å². The van der Waals surface area contributed by atoms with Crippen LogP contribution in [0.15, 0.2) is 52.4 Å². The van der Waals surface area contributed by atoms with Crippen molar-refractivity contribution in [3.05, 3.63) is 68.8 Å². The van der Waals surface area contributed by atoms with E-state index in [4.69, 9.17) is 0 Å². The molecule has 3 heterocycles. The van der Waals surface area contributed by atoms with Crippen molar-refractivity contribution in [1.29, 1.82) is 0 Å². The summed E-state index contributed by atoms with van der Waals surface area (Å²) in [6, 6.07) is 12.2. The number of benzene rings is 1. The van der Waals surface area contributed by atoms with Crippen LogP contribution in [-0.4, -0.2) is 51.7 Å². The van der Waals surface area contributed by atoms with E-state index in [9.17, 15) is 9.18 Å². The lowest BCUT2D eigenvalue weighted by atomic mass is 10.2. The molecule has 1 fully saturated rings. The summed E-state index contributed by atoms with van der Waals surface area (Å²) in [5.74, 6) is -0.475. The maximum Gasteiger partial charge on any atom is 0.274 e. The first-order chi connectivity index (χ1) is 13.1. The van der Waals surface area contributed by atoms with Crippen molar-refractivity contribution in [3.8, 4) is 5.69 Å². The Hall–Kier alpha value is -2.03. The number of carbonyl (C=O) groups excluding carboxylic acids is 1. The summed E-state index contributed by atoms with van der Waals surface area (Å²) in [5, 5.41) is 4.27. The molecule has 1 aliphatic heterocycles. The fraction of sp³-hybridized carbons (Fsp3) is 0.263. The number of nitrogens with zero attached hydrogens (tertiary/aromatic N) is 4. The van der Waals surface area contributed by atoms with Crippen molar-refractivity contribution < 1.29 is 9.18 Å². The third-order valence-corrected chi connectivity index (χ3v) is 6.18. The highest BCUT2D eigenvalue weighted by molar-refractivity contribution is 9.11. The van der Waals surface area contributed by atoms with Crippen LogP contribution in [0.3, 0.4) is 0 Å². The van der Waals surface area contributed by atoms with Gasteiger partial charge in [-0.05, 0) is 46.3 Å². The van der Waals surface area contributed by atoms with Gasteiger partial charge in [-0.2, -0.15) is 5.10 Å². The second-order valence-corrected chi connectivity index (χ2v) is 8.92. The van der Waals surface area contributed by atoms with Crippen LogP contribution in [0.1, 0.15) is 15.4 Å². The molecule has 0 aliphatic carbocycles. The molecule has 1 saturated heterocycles. The third kappa shape index (κ3) is 4.12. The molecule has 0 bridgehead atoms. The maximum absolute atomic E-state index is 13.9. The van der Waals surface area contributed by atoms with Crippen molar-refractivity contribution in [2.24, 2.45) is 0 Å². The Kier molecular flexibility index (Phi) is 5.38. The van der Waals surface area contributed by atoms with E-state index in [1.165, 1.54) is 15.6 Å². The number of carbonyl (C=O) groups is 1. The zero-order valence-corrected chi connectivity index (χ0v) is 16.9. The average Bonchev–Trinajstić information content (AvgIpc) is 3.31. The molecule has 5 nitrogen and oxygen atoms in total. The van der Waals surface area contributed by atoms with Crippen LogP contribution >= 0.6 is 27.3 Å². The molecule has 1 aromatic carbocycles. The fourth-order valence-electron chi connectivity index (χ4n) is 3.14. The van der Waals surface area contributed by atoms with Gasteiger partial charge < -0.3 is 4.90 Å². The van der Waals surface area contributed by atoms with E-state index < -0.39 is 0 Å². The summed E-state index contributed by atoms with van der Waals surface area (Å²) in [6.45, 7) is 3.89. The van der Waals surface area contributed by atoms with Gasteiger partial charge in [-0.15, -0.1) is 11.3 Å². The first-order valence-corrected chi connectivity index (χ1v) is 10.3. The zero-order valence-electron chi connectivity index (χ0n) is 14.5. The molecule has 140 valence electrons. The molecule has 0 radical (unpaired) electrons. The molecule has 8 heteroatoms. The molecular formula is C19H18BrFN4OS. The lowest BCUT2D eigenvalue weighted by molar-refractivity contribution is 0.0623. The van der Waals surface area contributed by atoms with Gasteiger partial charge in [0.05, 0.1) is 3.79 Å². The van der Waals surface area contributed by atoms with E-state index in [0.29, 0.717) is 24.5 Å². The van der Waals surface area contributed by atoms with Crippen LogP contribution in [0.5, 0.6) is 0 Å². The first-order valence-electron chi connectivity index (χ1n) is 8.66. The number of hydrogen-bond donors (Lipinski definition) is 0. The summed E-state index contributed by atoms with van der Waals surface area (Å²) in [4.78, 5) is 18.2. The summed E-state index contributed by atoms with van der Waals surface area (Å²) in [5.41, 5.74) is 0.678. The minimum atomic E-state index is -0.367. The van der Waals surface area contributed by atoms with Crippen LogP contribution in [0.2, 0.25) is 0 Å². The molecule has 27 heavy (non-hydrogen) atoms. The number of aromatic nitrogens is 2. The summed E-state index contributed by atoms with van der Waals surface area (Å²) in [6.07, 6.45) is 1.62. The largest absolute Gasteiger partial charge is 0.335 e. The van der Waals surface area contributed by atoms with Crippen LogP contribution in [-0.2, 0) is 6.54 Å². The molecule has 0 unspecified atom stereocenters. The number of thiophene rings is 1.